The number of hydrogen-bond acceptors (Lipinski definition) is 6. The number of para-hydroxylation sites is 2. The van der Waals surface area contributed by atoms with Gasteiger partial charge in [-0.1, -0.05) is 23.7 Å². The van der Waals surface area contributed by atoms with Crippen LogP contribution in [-0.2, 0) is 9.53 Å². The number of aromatic amines is 1. The summed E-state index contributed by atoms with van der Waals surface area (Å²) in [5.74, 6) is 0.0764. The van der Waals surface area contributed by atoms with Gasteiger partial charge in [0, 0.05) is 42.1 Å². The Kier molecular flexibility index (Phi) is 6.76. The van der Waals surface area contributed by atoms with E-state index in [1.165, 1.54) is 7.11 Å². The molecule has 8 nitrogen and oxygen atoms in total. The molecule has 1 aliphatic rings. The monoisotopic (exact) mass is 470 g/mol. The van der Waals surface area contributed by atoms with Crippen molar-refractivity contribution in [2.75, 3.05) is 50.6 Å². The molecule has 174 valence electrons. The average Bonchev–Trinajstić information content (AvgIpc) is 3.20. The number of amides is 1. The van der Waals surface area contributed by atoms with Crippen molar-refractivity contribution in [3.05, 3.63) is 53.2 Å². The van der Waals surface area contributed by atoms with Gasteiger partial charge in [0.15, 0.2) is 0 Å². The van der Waals surface area contributed by atoms with Gasteiger partial charge in [0.1, 0.15) is 11.4 Å². The Morgan fingerprint density at radius 1 is 1.09 bits per heavy atom. The van der Waals surface area contributed by atoms with Gasteiger partial charge in [-0.2, -0.15) is 0 Å². The van der Waals surface area contributed by atoms with Crippen molar-refractivity contribution in [3.8, 4) is 5.75 Å². The molecule has 1 amide bonds. The second-order valence-corrected chi connectivity index (χ2v) is 8.35. The van der Waals surface area contributed by atoms with E-state index < -0.39 is 5.97 Å². The number of carbonyl (C=O) groups is 2. The second-order valence-electron chi connectivity index (χ2n) is 7.92. The van der Waals surface area contributed by atoms with Gasteiger partial charge in [-0.3, -0.25) is 9.69 Å². The average molecular weight is 471 g/mol. The van der Waals surface area contributed by atoms with Gasteiger partial charge in [-0.15, -0.1) is 0 Å². The number of nitrogens with zero attached hydrogens (tertiary/aromatic N) is 2. The first kappa shape index (κ1) is 22.9. The van der Waals surface area contributed by atoms with Gasteiger partial charge in [0.2, 0.25) is 5.91 Å². The van der Waals surface area contributed by atoms with E-state index >= 15 is 0 Å². The number of ether oxygens (including phenoxy) is 2. The molecule has 1 saturated heterocycles. The third kappa shape index (κ3) is 4.62. The van der Waals surface area contributed by atoms with E-state index in [4.69, 9.17) is 21.1 Å². The fraction of sp³-hybridized carbons (Fsp3) is 0.333. The van der Waals surface area contributed by atoms with Crippen LogP contribution < -0.4 is 15.0 Å². The maximum Gasteiger partial charge on any atom is 0.356 e. The Hall–Kier alpha value is -3.23. The predicted molar refractivity (Wildman–Crippen MR) is 130 cm³/mol. The summed E-state index contributed by atoms with van der Waals surface area (Å²) in [6.07, 6.45) is 0. The van der Waals surface area contributed by atoms with E-state index in [0.29, 0.717) is 21.6 Å². The van der Waals surface area contributed by atoms with Crippen LogP contribution in [0.3, 0.4) is 0 Å². The highest BCUT2D eigenvalue weighted by molar-refractivity contribution is 6.31. The summed E-state index contributed by atoms with van der Waals surface area (Å²) in [5, 5.41) is 4.09. The zero-order chi connectivity index (χ0) is 23.5. The van der Waals surface area contributed by atoms with Crippen LogP contribution in [0.25, 0.3) is 10.9 Å². The lowest BCUT2D eigenvalue weighted by Crippen LogP contribution is -2.53. The zero-order valence-corrected chi connectivity index (χ0v) is 19.6. The van der Waals surface area contributed by atoms with Crippen molar-refractivity contribution in [2.45, 2.75) is 13.0 Å². The number of rotatable bonds is 6. The lowest BCUT2D eigenvalue weighted by atomic mass is 10.1. The Bertz CT molecular complexity index is 1170. The molecular formula is C24H27ClN4O4. The van der Waals surface area contributed by atoms with Crippen LogP contribution in [-0.4, -0.2) is 68.2 Å². The van der Waals surface area contributed by atoms with E-state index in [2.05, 4.69) is 20.1 Å². The van der Waals surface area contributed by atoms with E-state index in [1.54, 1.807) is 25.3 Å². The maximum absolute atomic E-state index is 13.2. The van der Waals surface area contributed by atoms with Crippen molar-refractivity contribution in [1.82, 2.24) is 9.88 Å². The standard InChI is InChI=1S/C24H27ClN4O4/c1-15(28-10-12-29(13-11-28)19-6-4-5-7-20(19)32-2)23(30)27-21-17-14-16(25)8-9-18(17)26-22(21)24(31)33-3/h4-9,14-15,26H,10-13H2,1-3H3,(H,27,30)/t15-/m1/s1. The Morgan fingerprint density at radius 2 is 1.82 bits per heavy atom. The number of aromatic nitrogens is 1. The molecule has 0 radical (unpaired) electrons. The van der Waals surface area contributed by atoms with Crippen molar-refractivity contribution < 1.29 is 19.1 Å². The van der Waals surface area contributed by atoms with Crippen molar-refractivity contribution in [3.63, 3.8) is 0 Å². The number of benzene rings is 2. The first-order chi connectivity index (χ1) is 15.9. The largest absolute Gasteiger partial charge is 0.495 e. The summed E-state index contributed by atoms with van der Waals surface area (Å²) in [6.45, 7) is 4.85. The molecule has 0 bridgehead atoms. The summed E-state index contributed by atoms with van der Waals surface area (Å²) >= 11 is 6.16. The molecule has 2 heterocycles. The number of methoxy groups -OCH3 is 2. The number of fused-ring (bicyclic) bond motifs is 1. The highest BCUT2D eigenvalue weighted by atomic mass is 35.5. The number of anilines is 2. The van der Waals surface area contributed by atoms with Crippen LogP contribution in [0.1, 0.15) is 17.4 Å². The van der Waals surface area contributed by atoms with E-state index in [0.717, 1.165) is 37.6 Å². The highest BCUT2D eigenvalue weighted by Crippen LogP contribution is 2.32. The normalized spacial score (nSPS) is 15.3. The van der Waals surface area contributed by atoms with Crippen LogP contribution in [0.4, 0.5) is 11.4 Å². The second kappa shape index (κ2) is 9.72. The molecule has 0 saturated carbocycles. The third-order valence-corrected chi connectivity index (χ3v) is 6.30. The number of nitrogens with one attached hydrogen (secondary N) is 2. The third-order valence-electron chi connectivity index (χ3n) is 6.07. The molecule has 0 unspecified atom stereocenters. The van der Waals surface area contributed by atoms with E-state index in [1.807, 2.05) is 31.2 Å². The van der Waals surface area contributed by atoms with E-state index in [9.17, 15) is 9.59 Å². The summed E-state index contributed by atoms with van der Waals surface area (Å²) in [4.78, 5) is 32.9. The Morgan fingerprint density at radius 3 is 2.52 bits per heavy atom. The van der Waals surface area contributed by atoms with Gasteiger partial charge >= 0.3 is 5.97 Å². The lowest BCUT2D eigenvalue weighted by Gasteiger charge is -2.38. The van der Waals surface area contributed by atoms with Crippen LogP contribution in [0.15, 0.2) is 42.5 Å². The molecule has 4 rings (SSSR count). The van der Waals surface area contributed by atoms with Crippen LogP contribution in [0.2, 0.25) is 5.02 Å². The van der Waals surface area contributed by atoms with Crippen molar-refractivity contribution in [2.24, 2.45) is 0 Å². The molecular weight excluding hydrogens is 444 g/mol. The van der Waals surface area contributed by atoms with E-state index in [-0.39, 0.29) is 17.6 Å². The van der Waals surface area contributed by atoms with Gasteiger partial charge in [0.25, 0.3) is 0 Å². The predicted octanol–water partition coefficient (Wildman–Crippen LogP) is 3.77. The van der Waals surface area contributed by atoms with Crippen molar-refractivity contribution >= 4 is 45.8 Å². The molecule has 1 aliphatic heterocycles. The summed E-state index contributed by atoms with van der Waals surface area (Å²) in [5.41, 5.74) is 2.31. The number of piperazine rings is 1. The quantitative estimate of drug-likeness (QED) is 0.533. The zero-order valence-electron chi connectivity index (χ0n) is 18.9. The minimum Gasteiger partial charge on any atom is -0.495 e. The van der Waals surface area contributed by atoms with Crippen molar-refractivity contribution in [1.29, 1.82) is 0 Å². The van der Waals surface area contributed by atoms with Crippen LogP contribution in [0.5, 0.6) is 5.75 Å². The molecule has 3 aromatic rings. The fourth-order valence-electron chi connectivity index (χ4n) is 4.18. The Balaban J connectivity index is 1.48. The molecule has 1 aromatic heterocycles. The number of carbonyl (C=O) groups excluding carboxylic acids is 2. The number of H-pyrrole nitrogens is 1. The van der Waals surface area contributed by atoms with Crippen LogP contribution >= 0.6 is 11.6 Å². The first-order valence-electron chi connectivity index (χ1n) is 10.8. The molecule has 2 aromatic carbocycles. The highest BCUT2D eigenvalue weighted by Gasteiger charge is 2.28. The molecule has 2 N–H and O–H groups in total. The molecule has 0 aliphatic carbocycles. The van der Waals surface area contributed by atoms with Gasteiger partial charge < -0.3 is 24.7 Å². The first-order valence-corrected chi connectivity index (χ1v) is 11.1. The van der Waals surface area contributed by atoms with Gasteiger partial charge in [0.05, 0.1) is 31.6 Å². The SMILES string of the molecule is COC(=O)c1[nH]c2ccc(Cl)cc2c1NC(=O)[C@@H](C)N1CCN(c2ccccc2OC)CC1. The van der Waals surface area contributed by atoms with Crippen LogP contribution in [0, 0.1) is 0 Å². The maximum atomic E-state index is 13.2. The topological polar surface area (TPSA) is 86.9 Å². The van der Waals surface area contributed by atoms with Gasteiger partial charge in [-0.25, -0.2) is 4.79 Å². The summed E-state index contributed by atoms with van der Waals surface area (Å²) in [6, 6.07) is 12.7. The number of esters is 1. The molecule has 0 spiro atoms. The molecule has 1 atom stereocenters. The minimum absolute atomic E-state index is 0.191. The molecule has 9 heteroatoms. The Labute approximate surface area is 197 Å². The number of hydrogen-bond donors (Lipinski definition) is 2. The lowest BCUT2D eigenvalue weighted by molar-refractivity contribution is -0.120. The fourth-order valence-corrected chi connectivity index (χ4v) is 4.36. The summed E-state index contributed by atoms with van der Waals surface area (Å²) in [7, 11) is 2.97. The molecule has 1 fully saturated rings. The smallest absolute Gasteiger partial charge is 0.356 e. The minimum atomic E-state index is -0.560. The van der Waals surface area contributed by atoms with Gasteiger partial charge in [-0.05, 0) is 37.3 Å². The number of halogens is 1. The molecule has 33 heavy (non-hydrogen) atoms. The summed E-state index contributed by atoms with van der Waals surface area (Å²) < 4.78 is 10.4.